The molecule has 9 heteroatoms. The molecule has 2 aromatic rings. The third-order valence-electron chi connectivity index (χ3n) is 7.29. The number of rotatable bonds is 8. The summed E-state index contributed by atoms with van der Waals surface area (Å²) in [6.45, 7) is 5.47. The predicted molar refractivity (Wildman–Crippen MR) is 138 cm³/mol. The maximum atomic E-state index is 14.2. The van der Waals surface area contributed by atoms with Crippen LogP contribution in [-0.4, -0.2) is 46.5 Å². The first-order chi connectivity index (χ1) is 17.5. The van der Waals surface area contributed by atoms with Crippen molar-refractivity contribution in [1.29, 1.82) is 0 Å². The Morgan fingerprint density at radius 2 is 1.76 bits per heavy atom. The predicted octanol–water partition coefficient (Wildman–Crippen LogP) is 5.53. The van der Waals surface area contributed by atoms with Crippen molar-refractivity contribution in [2.75, 3.05) is 26.3 Å². The van der Waals surface area contributed by atoms with Crippen molar-refractivity contribution in [3.8, 4) is 0 Å². The van der Waals surface area contributed by atoms with E-state index < -0.39 is 38.9 Å². The van der Waals surface area contributed by atoms with Gasteiger partial charge in [0.05, 0.1) is 28.5 Å². The highest BCUT2D eigenvalue weighted by Gasteiger charge is 2.48. The highest BCUT2D eigenvalue weighted by atomic mass is 32.2. The summed E-state index contributed by atoms with van der Waals surface area (Å²) in [4.78, 5) is 14.6. The first kappa shape index (κ1) is 27.8. The molecule has 202 valence electrons. The molecule has 2 aromatic carbocycles. The maximum Gasteiger partial charge on any atom is 0.416 e. The third-order valence-corrected chi connectivity index (χ3v) is 9.48. The van der Waals surface area contributed by atoms with Crippen LogP contribution in [0.2, 0.25) is 0 Å². The van der Waals surface area contributed by atoms with Crippen LogP contribution >= 0.6 is 0 Å². The Hall–Kier alpha value is -2.20. The lowest BCUT2D eigenvalue weighted by molar-refractivity contribution is -0.263. The molecular formula is C28H34F3NO4S. The third kappa shape index (κ3) is 5.50. The number of nitrogens with zero attached hydrogens (tertiary/aromatic N) is 1. The van der Waals surface area contributed by atoms with Gasteiger partial charge < -0.3 is 9.47 Å². The zero-order valence-corrected chi connectivity index (χ0v) is 22.1. The van der Waals surface area contributed by atoms with Crippen LogP contribution in [0.5, 0.6) is 0 Å². The van der Waals surface area contributed by atoms with Crippen LogP contribution in [0, 0.1) is 12.8 Å². The molecule has 2 fully saturated rings. The maximum absolute atomic E-state index is 14.2. The minimum Gasteiger partial charge on any atom is -0.340 e. The number of carbonyl (C=O) groups is 1. The van der Waals surface area contributed by atoms with Gasteiger partial charge in [-0.3, -0.25) is 4.79 Å². The molecule has 0 bridgehead atoms. The van der Waals surface area contributed by atoms with E-state index in [1.807, 2.05) is 11.2 Å². The monoisotopic (exact) mass is 537 g/mol. The fourth-order valence-electron chi connectivity index (χ4n) is 5.18. The zero-order chi connectivity index (χ0) is 26.8. The summed E-state index contributed by atoms with van der Waals surface area (Å²) >= 11 is 0. The van der Waals surface area contributed by atoms with Crippen LogP contribution in [0.15, 0.2) is 47.4 Å². The lowest BCUT2D eigenvalue weighted by Gasteiger charge is -2.39. The quantitative estimate of drug-likeness (QED) is 0.416. The standard InChI is InChI=1S/C28H34F3NO4S/c1-4-21(18-22-10-5-6-11-24(22)28(29,30)31)26(33)27(35-16-9-17-36-27)25-19-23(13-12-20(25)2)37(3,34)32-14-7-8-15-32/h5-6,10-13,19,21H,3-4,7-9,14-18H2,1-2H3. The molecule has 37 heavy (non-hydrogen) atoms. The highest BCUT2D eigenvalue weighted by molar-refractivity contribution is 7.98. The smallest absolute Gasteiger partial charge is 0.340 e. The van der Waals surface area contributed by atoms with E-state index in [0.717, 1.165) is 18.9 Å². The first-order valence-electron chi connectivity index (χ1n) is 12.7. The second kappa shape index (κ2) is 10.9. The van der Waals surface area contributed by atoms with E-state index in [2.05, 4.69) is 5.87 Å². The van der Waals surface area contributed by atoms with E-state index >= 15 is 0 Å². The number of aryl methyl sites for hydroxylation is 1. The Labute approximate surface area is 217 Å². The molecule has 2 aliphatic heterocycles. The Bertz CT molecular complexity index is 1230. The van der Waals surface area contributed by atoms with Crippen molar-refractivity contribution in [2.45, 2.75) is 62.8 Å². The number of alkyl halides is 3. The topological polar surface area (TPSA) is 55.8 Å². The van der Waals surface area contributed by atoms with Gasteiger partial charge in [0.2, 0.25) is 0 Å². The molecule has 4 rings (SSSR count). The van der Waals surface area contributed by atoms with Crippen LogP contribution < -0.4 is 0 Å². The molecule has 2 atom stereocenters. The van der Waals surface area contributed by atoms with Crippen LogP contribution in [0.25, 0.3) is 0 Å². The summed E-state index contributed by atoms with van der Waals surface area (Å²) in [7, 11) is -2.78. The molecule has 2 saturated heterocycles. The second-order valence-electron chi connectivity index (χ2n) is 9.75. The second-order valence-corrected chi connectivity index (χ2v) is 12.0. The van der Waals surface area contributed by atoms with Crippen molar-refractivity contribution < 1.29 is 31.6 Å². The molecule has 2 unspecified atom stereocenters. The number of hydrogen-bond donors (Lipinski definition) is 0. The number of Topliss-reactive ketones (excluding diaryl/α,β-unsaturated/α-hetero) is 1. The SMILES string of the molecule is C=S(=O)(c1ccc(C)c(C2(C(=O)C(CC)Cc3ccccc3C(F)(F)F)OCCCO2)c1)N1CCCC1. The zero-order valence-electron chi connectivity index (χ0n) is 21.3. The van der Waals surface area contributed by atoms with E-state index in [9.17, 15) is 22.2 Å². The van der Waals surface area contributed by atoms with Gasteiger partial charge in [0.25, 0.3) is 5.79 Å². The number of ketones is 1. The minimum absolute atomic E-state index is 0.0569. The number of benzene rings is 2. The Balaban J connectivity index is 1.75. The van der Waals surface area contributed by atoms with Crippen LogP contribution in [0.1, 0.15) is 54.9 Å². The van der Waals surface area contributed by atoms with E-state index in [1.54, 1.807) is 31.2 Å². The number of carbonyl (C=O) groups excluding carboxylic acids is 1. The molecule has 2 heterocycles. The fraction of sp³-hybridized carbons (Fsp3) is 0.500. The number of ether oxygens (including phenoxy) is 2. The van der Waals surface area contributed by atoms with Crippen LogP contribution in [0.3, 0.4) is 0 Å². The van der Waals surface area contributed by atoms with Gasteiger partial charge in [0.1, 0.15) is 0 Å². The van der Waals surface area contributed by atoms with Crippen molar-refractivity contribution >= 4 is 21.4 Å². The van der Waals surface area contributed by atoms with E-state index in [1.165, 1.54) is 12.1 Å². The summed E-state index contributed by atoms with van der Waals surface area (Å²) in [6.07, 6.45) is -1.85. The van der Waals surface area contributed by atoms with Gasteiger partial charge in [-0.1, -0.05) is 31.2 Å². The van der Waals surface area contributed by atoms with Gasteiger partial charge in [-0.05, 0) is 74.2 Å². The summed E-state index contributed by atoms with van der Waals surface area (Å²) < 4.78 is 68.7. The summed E-state index contributed by atoms with van der Waals surface area (Å²) in [5.41, 5.74) is 0.455. The molecule has 0 saturated carbocycles. The van der Waals surface area contributed by atoms with Crippen molar-refractivity contribution in [3.05, 3.63) is 64.7 Å². The van der Waals surface area contributed by atoms with E-state index in [4.69, 9.17) is 9.47 Å². The van der Waals surface area contributed by atoms with Crippen LogP contribution in [0.4, 0.5) is 13.2 Å². The normalized spacial score (nSPS) is 20.9. The van der Waals surface area contributed by atoms with Gasteiger partial charge in [0.15, 0.2) is 5.78 Å². The largest absolute Gasteiger partial charge is 0.416 e. The van der Waals surface area contributed by atoms with Gasteiger partial charge in [-0.2, -0.15) is 13.2 Å². The molecule has 0 spiro atoms. The Kier molecular flexibility index (Phi) is 8.19. The molecule has 5 nitrogen and oxygen atoms in total. The fourth-order valence-corrected chi connectivity index (χ4v) is 6.91. The van der Waals surface area contributed by atoms with Crippen molar-refractivity contribution in [1.82, 2.24) is 4.31 Å². The summed E-state index contributed by atoms with van der Waals surface area (Å²) in [5, 5.41) is 0. The average Bonchev–Trinajstić information content (AvgIpc) is 3.43. The molecule has 0 aliphatic carbocycles. The van der Waals surface area contributed by atoms with E-state index in [-0.39, 0.29) is 25.2 Å². The lowest BCUT2D eigenvalue weighted by atomic mass is 9.83. The van der Waals surface area contributed by atoms with Crippen molar-refractivity contribution in [3.63, 3.8) is 0 Å². The molecule has 0 aromatic heterocycles. The molecule has 0 radical (unpaired) electrons. The number of halogens is 3. The average molecular weight is 538 g/mol. The molecule has 0 amide bonds. The van der Waals surface area contributed by atoms with E-state index in [0.29, 0.717) is 42.0 Å². The van der Waals surface area contributed by atoms with Gasteiger partial charge in [-0.25, -0.2) is 8.51 Å². The van der Waals surface area contributed by atoms with Gasteiger partial charge in [0, 0.05) is 29.5 Å². The van der Waals surface area contributed by atoms with Gasteiger partial charge in [-0.15, -0.1) is 0 Å². The van der Waals surface area contributed by atoms with Crippen LogP contribution in [-0.2, 0) is 42.4 Å². The highest BCUT2D eigenvalue weighted by Crippen LogP contribution is 2.40. The number of hydrogen-bond acceptors (Lipinski definition) is 4. The molecule has 2 aliphatic rings. The minimum atomic E-state index is -4.53. The van der Waals surface area contributed by atoms with Crippen molar-refractivity contribution in [2.24, 2.45) is 5.92 Å². The van der Waals surface area contributed by atoms with Gasteiger partial charge >= 0.3 is 6.18 Å². The first-order valence-corrected chi connectivity index (χ1v) is 14.4. The Morgan fingerprint density at radius 3 is 2.38 bits per heavy atom. The lowest BCUT2D eigenvalue weighted by Crippen LogP contribution is -2.49. The summed E-state index contributed by atoms with van der Waals surface area (Å²) in [6, 6.07) is 10.5. The molecule has 0 N–H and O–H groups in total. The summed E-state index contributed by atoms with van der Waals surface area (Å²) in [5.74, 6) is 1.03. The Morgan fingerprint density at radius 1 is 1.11 bits per heavy atom. The molecular weight excluding hydrogens is 503 g/mol.